The van der Waals surface area contributed by atoms with Gasteiger partial charge in [-0.25, -0.2) is 0 Å². The van der Waals surface area contributed by atoms with Gasteiger partial charge in [0.1, 0.15) is 0 Å². The van der Waals surface area contributed by atoms with E-state index in [1.807, 2.05) is 13.0 Å². The fourth-order valence-corrected chi connectivity index (χ4v) is 3.66. The summed E-state index contributed by atoms with van der Waals surface area (Å²) in [6, 6.07) is 6.36. The molecule has 2 rings (SSSR count). The molecule has 1 aliphatic rings. The molecule has 0 aliphatic carbocycles. The maximum Gasteiger partial charge on any atom is 0.0597 e. The van der Waals surface area contributed by atoms with Crippen molar-refractivity contribution in [2.45, 2.75) is 52.4 Å². The second kappa shape index (κ2) is 6.44. The van der Waals surface area contributed by atoms with E-state index in [1.165, 1.54) is 5.56 Å². The molecule has 0 saturated carbocycles. The molecule has 0 spiro atoms. The number of aryl methyl sites for hydroxylation is 1. The highest BCUT2D eigenvalue weighted by Crippen LogP contribution is 2.35. The van der Waals surface area contributed by atoms with E-state index in [2.05, 4.69) is 38.3 Å². The van der Waals surface area contributed by atoms with Gasteiger partial charge < -0.3 is 4.74 Å². The minimum atomic E-state index is 0.171. The summed E-state index contributed by atoms with van der Waals surface area (Å²) < 4.78 is 5.93. The van der Waals surface area contributed by atoms with Crippen molar-refractivity contribution in [2.75, 3.05) is 0 Å². The largest absolute Gasteiger partial charge is 0.375 e. The minimum Gasteiger partial charge on any atom is -0.375 e. The lowest BCUT2D eigenvalue weighted by atomic mass is 9.81. The summed E-state index contributed by atoms with van der Waals surface area (Å²) in [4.78, 5) is 0. The number of halogens is 1. The van der Waals surface area contributed by atoms with Gasteiger partial charge in [-0.3, -0.25) is 11.3 Å². The molecule has 3 nitrogen and oxygen atoms in total. The Hall–Kier alpha value is -0.610. The number of hydrogen-bond acceptors (Lipinski definition) is 3. The predicted octanol–water partition coefficient (Wildman–Crippen LogP) is 3.08. The van der Waals surface area contributed by atoms with E-state index in [0.717, 1.165) is 17.0 Å². The van der Waals surface area contributed by atoms with Gasteiger partial charge in [-0.15, -0.1) is 0 Å². The first-order valence-corrected chi connectivity index (χ1v) is 7.68. The van der Waals surface area contributed by atoms with Crippen molar-refractivity contribution in [3.8, 4) is 0 Å². The van der Waals surface area contributed by atoms with Crippen molar-refractivity contribution < 1.29 is 4.74 Å². The first-order chi connectivity index (χ1) is 9.43. The first-order valence-electron chi connectivity index (χ1n) is 7.30. The van der Waals surface area contributed by atoms with Crippen molar-refractivity contribution >= 4 is 11.6 Å². The lowest BCUT2D eigenvalue weighted by molar-refractivity contribution is 0.0476. The molecule has 0 radical (unpaired) electrons. The van der Waals surface area contributed by atoms with Gasteiger partial charge in [-0.05, 0) is 50.3 Å². The third-order valence-corrected chi connectivity index (χ3v) is 5.00. The van der Waals surface area contributed by atoms with Gasteiger partial charge >= 0.3 is 0 Å². The van der Waals surface area contributed by atoms with Crippen LogP contribution in [-0.4, -0.2) is 18.2 Å². The maximum absolute atomic E-state index is 6.34. The molecular formula is C16H25ClN2O. The zero-order valence-corrected chi connectivity index (χ0v) is 13.4. The van der Waals surface area contributed by atoms with E-state index in [-0.39, 0.29) is 18.2 Å². The average molecular weight is 297 g/mol. The molecule has 4 heteroatoms. The standard InChI is InChI=1S/C16H25ClN2O/c1-9-5-6-13(14(17)7-9)8-15(19-18)16-10(2)11(3)20-12(16)4/h5-7,10-12,15-16,19H,8,18H2,1-4H3. The van der Waals surface area contributed by atoms with Gasteiger partial charge in [-0.2, -0.15) is 0 Å². The zero-order valence-electron chi connectivity index (χ0n) is 12.7. The Labute approximate surface area is 126 Å². The van der Waals surface area contributed by atoms with Crippen LogP contribution in [-0.2, 0) is 11.2 Å². The molecule has 1 aromatic carbocycles. The highest BCUT2D eigenvalue weighted by Gasteiger charge is 2.41. The van der Waals surface area contributed by atoms with E-state index in [9.17, 15) is 0 Å². The molecule has 1 fully saturated rings. The molecule has 1 aromatic rings. The zero-order chi connectivity index (χ0) is 14.9. The molecule has 112 valence electrons. The van der Waals surface area contributed by atoms with Crippen LogP contribution in [0.15, 0.2) is 18.2 Å². The van der Waals surface area contributed by atoms with Crippen LogP contribution in [0.1, 0.15) is 31.9 Å². The maximum atomic E-state index is 6.34. The van der Waals surface area contributed by atoms with Gasteiger partial charge in [0.05, 0.1) is 12.2 Å². The average Bonchev–Trinajstić information content (AvgIpc) is 2.63. The number of benzene rings is 1. The monoisotopic (exact) mass is 296 g/mol. The summed E-state index contributed by atoms with van der Waals surface area (Å²) >= 11 is 6.34. The van der Waals surface area contributed by atoms with Crippen LogP contribution in [0, 0.1) is 18.8 Å². The van der Waals surface area contributed by atoms with Crippen molar-refractivity contribution in [3.05, 3.63) is 34.3 Å². The van der Waals surface area contributed by atoms with Crippen molar-refractivity contribution in [1.82, 2.24) is 5.43 Å². The molecule has 20 heavy (non-hydrogen) atoms. The van der Waals surface area contributed by atoms with Crippen LogP contribution in [0.4, 0.5) is 0 Å². The quantitative estimate of drug-likeness (QED) is 0.663. The highest BCUT2D eigenvalue weighted by atomic mass is 35.5. The highest BCUT2D eigenvalue weighted by molar-refractivity contribution is 6.31. The summed E-state index contributed by atoms with van der Waals surface area (Å²) in [5.74, 6) is 6.68. The molecular weight excluding hydrogens is 272 g/mol. The van der Waals surface area contributed by atoms with Gasteiger partial charge in [0.2, 0.25) is 0 Å². The van der Waals surface area contributed by atoms with E-state index in [4.69, 9.17) is 22.2 Å². The predicted molar refractivity (Wildman–Crippen MR) is 83.7 cm³/mol. The number of ether oxygens (including phenoxy) is 1. The Bertz CT molecular complexity index is 466. The normalized spacial score (nSPS) is 31.5. The molecule has 5 atom stereocenters. The van der Waals surface area contributed by atoms with Crippen molar-refractivity contribution in [1.29, 1.82) is 0 Å². The Morgan fingerprint density at radius 2 is 2.00 bits per heavy atom. The summed E-state index contributed by atoms with van der Waals surface area (Å²) in [5, 5.41) is 0.817. The minimum absolute atomic E-state index is 0.171. The lowest BCUT2D eigenvalue weighted by Gasteiger charge is -2.28. The van der Waals surface area contributed by atoms with Gasteiger partial charge in [0.25, 0.3) is 0 Å². The SMILES string of the molecule is Cc1ccc(CC(NN)C2C(C)OC(C)C2C)c(Cl)c1. The second-order valence-electron chi connectivity index (χ2n) is 6.05. The second-order valence-corrected chi connectivity index (χ2v) is 6.46. The van der Waals surface area contributed by atoms with Crippen LogP contribution < -0.4 is 11.3 Å². The fourth-order valence-electron chi connectivity index (χ4n) is 3.35. The van der Waals surface area contributed by atoms with Crippen LogP contribution in [0.2, 0.25) is 5.02 Å². The van der Waals surface area contributed by atoms with Crippen LogP contribution >= 0.6 is 11.6 Å². The van der Waals surface area contributed by atoms with Crippen LogP contribution in [0.3, 0.4) is 0 Å². The Morgan fingerprint density at radius 1 is 1.30 bits per heavy atom. The van der Waals surface area contributed by atoms with Gasteiger partial charge in [0, 0.05) is 17.0 Å². The van der Waals surface area contributed by atoms with E-state index < -0.39 is 0 Å². The fraction of sp³-hybridized carbons (Fsp3) is 0.625. The number of hydrazine groups is 1. The van der Waals surface area contributed by atoms with E-state index in [1.54, 1.807) is 0 Å². The first kappa shape index (κ1) is 15.8. The van der Waals surface area contributed by atoms with Gasteiger partial charge in [0.15, 0.2) is 0 Å². The summed E-state index contributed by atoms with van der Waals surface area (Å²) in [6.45, 7) is 8.55. The van der Waals surface area contributed by atoms with E-state index in [0.29, 0.717) is 11.8 Å². The Kier molecular flexibility index (Phi) is 5.08. The number of nitrogens with two attached hydrogens (primary N) is 1. The third kappa shape index (κ3) is 3.17. The molecule has 0 bridgehead atoms. The lowest BCUT2D eigenvalue weighted by Crippen LogP contribution is -2.46. The van der Waals surface area contributed by atoms with Gasteiger partial charge in [-0.1, -0.05) is 30.7 Å². The molecule has 0 amide bonds. The topological polar surface area (TPSA) is 47.3 Å². The van der Waals surface area contributed by atoms with E-state index >= 15 is 0 Å². The number of rotatable bonds is 4. The number of hydrogen-bond donors (Lipinski definition) is 2. The van der Waals surface area contributed by atoms with Crippen molar-refractivity contribution in [3.63, 3.8) is 0 Å². The molecule has 1 heterocycles. The third-order valence-electron chi connectivity index (χ3n) is 4.65. The molecule has 5 unspecified atom stereocenters. The summed E-state index contributed by atoms with van der Waals surface area (Å²) in [7, 11) is 0. The Balaban J connectivity index is 2.16. The van der Waals surface area contributed by atoms with Crippen LogP contribution in [0.5, 0.6) is 0 Å². The smallest absolute Gasteiger partial charge is 0.0597 e. The molecule has 1 aliphatic heterocycles. The summed E-state index contributed by atoms with van der Waals surface area (Å²) in [6.07, 6.45) is 1.31. The summed E-state index contributed by atoms with van der Waals surface area (Å²) in [5.41, 5.74) is 5.29. The molecule has 1 saturated heterocycles. The Morgan fingerprint density at radius 3 is 2.50 bits per heavy atom. The molecule has 0 aromatic heterocycles. The van der Waals surface area contributed by atoms with Crippen molar-refractivity contribution in [2.24, 2.45) is 17.7 Å². The molecule has 3 N–H and O–H groups in total. The number of nitrogens with one attached hydrogen (secondary N) is 1. The van der Waals surface area contributed by atoms with Crippen LogP contribution in [0.25, 0.3) is 0 Å².